The van der Waals surface area contributed by atoms with Gasteiger partial charge in [-0.15, -0.1) is 0 Å². The van der Waals surface area contributed by atoms with Crippen LogP contribution >= 0.6 is 0 Å². The standard InChI is InChI=1S/C11H15N5O/c1-14-7-5-9(12-14)8-16-11(17)15-6-3-2-4-10(15)13-16/h5,7H,2-4,6,8H2,1H3. The van der Waals surface area contributed by atoms with Crippen molar-refractivity contribution in [1.29, 1.82) is 0 Å². The number of hydrogen-bond donors (Lipinski definition) is 0. The molecule has 3 rings (SSSR count). The minimum Gasteiger partial charge on any atom is -0.279 e. The van der Waals surface area contributed by atoms with Crippen molar-refractivity contribution in [2.75, 3.05) is 0 Å². The van der Waals surface area contributed by atoms with Gasteiger partial charge in [0.1, 0.15) is 5.82 Å². The highest BCUT2D eigenvalue weighted by atomic mass is 16.2. The summed E-state index contributed by atoms with van der Waals surface area (Å²) >= 11 is 0. The van der Waals surface area contributed by atoms with Crippen molar-refractivity contribution in [3.8, 4) is 0 Å². The van der Waals surface area contributed by atoms with E-state index in [0.717, 1.165) is 37.3 Å². The highest BCUT2D eigenvalue weighted by molar-refractivity contribution is 5.00. The molecule has 0 unspecified atom stereocenters. The number of fused-ring (bicyclic) bond motifs is 1. The van der Waals surface area contributed by atoms with Gasteiger partial charge in [-0.05, 0) is 18.9 Å². The first-order valence-corrected chi connectivity index (χ1v) is 5.89. The molecule has 6 heteroatoms. The molecule has 0 spiro atoms. The minimum absolute atomic E-state index is 0.00893. The molecule has 0 aliphatic carbocycles. The van der Waals surface area contributed by atoms with Crippen molar-refractivity contribution in [2.24, 2.45) is 7.05 Å². The van der Waals surface area contributed by atoms with Gasteiger partial charge in [0, 0.05) is 26.2 Å². The Morgan fingerprint density at radius 1 is 1.35 bits per heavy atom. The van der Waals surface area contributed by atoms with Gasteiger partial charge in [-0.3, -0.25) is 9.25 Å². The minimum atomic E-state index is -0.00893. The van der Waals surface area contributed by atoms with Crippen LogP contribution < -0.4 is 5.69 Å². The molecular weight excluding hydrogens is 218 g/mol. The van der Waals surface area contributed by atoms with Gasteiger partial charge in [0.15, 0.2) is 0 Å². The summed E-state index contributed by atoms with van der Waals surface area (Å²) in [5, 5.41) is 8.63. The molecule has 1 aliphatic heterocycles. The van der Waals surface area contributed by atoms with Gasteiger partial charge in [0.2, 0.25) is 0 Å². The van der Waals surface area contributed by atoms with E-state index in [-0.39, 0.29) is 5.69 Å². The molecule has 17 heavy (non-hydrogen) atoms. The van der Waals surface area contributed by atoms with Crippen LogP contribution in [0.4, 0.5) is 0 Å². The van der Waals surface area contributed by atoms with E-state index < -0.39 is 0 Å². The fraction of sp³-hybridized carbons (Fsp3) is 0.545. The number of rotatable bonds is 2. The van der Waals surface area contributed by atoms with E-state index in [4.69, 9.17) is 0 Å². The Morgan fingerprint density at radius 2 is 2.24 bits per heavy atom. The van der Waals surface area contributed by atoms with Crippen LogP contribution in [0.1, 0.15) is 24.4 Å². The molecule has 0 saturated carbocycles. The summed E-state index contributed by atoms with van der Waals surface area (Å²) in [6.07, 6.45) is 4.98. The van der Waals surface area contributed by atoms with E-state index in [9.17, 15) is 4.79 Å². The zero-order valence-electron chi connectivity index (χ0n) is 9.83. The van der Waals surface area contributed by atoms with Gasteiger partial charge < -0.3 is 0 Å². The van der Waals surface area contributed by atoms with Crippen LogP contribution in [0, 0.1) is 0 Å². The highest BCUT2D eigenvalue weighted by Gasteiger charge is 2.16. The average Bonchev–Trinajstić information content (AvgIpc) is 2.86. The van der Waals surface area contributed by atoms with Gasteiger partial charge in [-0.25, -0.2) is 9.48 Å². The van der Waals surface area contributed by atoms with E-state index >= 15 is 0 Å². The van der Waals surface area contributed by atoms with Crippen LogP contribution in [0.25, 0.3) is 0 Å². The van der Waals surface area contributed by atoms with Crippen molar-refractivity contribution in [3.63, 3.8) is 0 Å². The first-order chi connectivity index (χ1) is 8.24. The van der Waals surface area contributed by atoms with Crippen LogP contribution in [0.3, 0.4) is 0 Å². The maximum atomic E-state index is 12.1. The summed E-state index contributed by atoms with van der Waals surface area (Å²) in [7, 11) is 1.87. The first-order valence-electron chi connectivity index (χ1n) is 5.89. The normalized spacial score (nSPS) is 14.9. The Hall–Kier alpha value is -1.85. The molecule has 0 N–H and O–H groups in total. The lowest BCUT2D eigenvalue weighted by Gasteiger charge is -2.09. The molecule has 3 heterocycles. The number of nitrogens with zero attached hydrogens (tertiary/aromatic N) is 5. The summed E-state index contributed by atoms with van der Waals surface area (Å²) in [4.78, 5) is 12.1. The van der Waals surface area contributed by atoms with E-state index in [1.165, 1.54) is 4.68 Å². The summed E-state index contributed by atoms with van der Waals surface area (Å²) < 4.78 is 5.03. The number of aromatic nitrogens is 5. The lowest BCUT2D eigenvalue weighted by atomic mass is 10.2. The van der Waals surface area contributed by atoms with Gasteiger partial charge in [-0.1, -0.05) is 0 Å². The van der Waals surface area contributed by atoms with Crippen molar-refractivity contribution in [3.05, 3.63) is 34.3 Å². The second kappa shape index (κ2) is 3.87. The molecule has 90 valence electrons. The molecule has 0 fully saturated rings. The zero-order valence-corrected chi connectivity index (χ0v) is 9.83. The third kappa shape index (κ3) is 1.79. The SMILES string of the molecule is Cn1ccc(Cn2nc3n(c2=O)CCCC3)n1. The molecule has 0 saturated heterocycles. The summed E-state index contributed by atoms with van der Waals surface area (Å²) in [6.45, 7) is 1.26. The Labute approximate surface area is 98.5 Å². The van der Waals surface area contributed by atoms with Gasteiger partial charge in [0.25, 0.3) is 0 Å². The van der Waals surface area contributed by atoms with Crippen LogP contribution in [0.15, 0.2) is 17.1 Å². The molecule has 0 aromatic carbocycles. The predicted octanol–water partition coefficient (Wildman–Crippen LogP) is 0.163. The highest BCUT2D eigenvalue weighted by Crippen LogP contribution is 2.09. The molecule has 0 radical (unpaired) electrons. The number of hydrogen-bond acceptors (Lipinski definition) is 3. The van der Waals surface area contributed by atoms with E-state index in [1.54, 1.807) is 9.25 Å². The molecule has 0 bridgehead atoms. The topological polar surface area (TPSA) is 57.6 Å². The Morgan fingerprint density at radius 3 is 2.94 bits per heavy atom. The van der Waals surface area contributed by atoms with Crippen LogP contribution in [-0.2, 0) is 26.6 Å². The molecule has 0 atom stereocenters. The third-order valence-corrected chi connectivity index (χ3v) is 3.11. The summed E-state index contributed by atoms with van der Waals surface area (Å²) in [6, 6.07) is 1.91. The molecule has 6 nitrogen and oxygen atoms in total. The van der Waals surface area contributed by atoms with Gasteiger partial charge in [-0.2, -0.15) is 10.2 Å². The van der Waals surface area contributed by atoms with E-state index in [2.05, 4.69) is 10.2 Å². The largest absolute Gasteiger partial charge is 0.346 e. The van der Waals surface area contributed by atoms with Crippen molar-refractivity contribution >= 4 is 0 Å². The van der Waals surface area contributed by atoms with Crippen molar-refractivity contribution in [1.82, 2.24) is 24.1 Å². The Balaban J connectivity index is 1.93. The van der Waals surface area contributed by atoms with Crippen LogP contribution in [0.2, 0.25) is 0 Å². The number of aryl methyl sites for hydroxylation is 2. The predicted molar refractivity (Wildman–Crippen MR) is 61.7 cm³/mol. The maximum Gasteiger partial charge on any atom is 0.346 e. The molecule has 0 amide bonds. The quantitative estimate of drug-likeness (QED) is 0.742. The van der Waals surface area contributed by atoms with E-state index in [0.29, 0.717) is 6.54 Å². The smallest absolute Gasteiger partial charge is 0.279 e. The van der Waals surface area contributed by atoms with Crippen molar-refractivity contribution in [2.45, 2.75) is 32.4 Å². The lowest BCUT2D eigenvalue weighted by Crippen LogP contribution is -2.27. The second-order valence-electron chi connectivity index (χ2n) is 4.45. The second-order valence-corrected chi connectivity index (χ2v) is 4.45. The molecule has 2 aromatic heterocycles. The Kier molecular flexibility index (Phi) is 2.35. The van der Waals surface area contributed by atoms with Crippen LogP contribution in [-0.4, -0.2) is 24.1 Å². The van der Waals surface area contributed by atoms with E-state index in [1.807, 2.05) is 19.3 Å². The summed E-state index contributed by atoms with van der Waals surface area (Å²) in [5.74, 6) is 0.914. The van der Waals surface area contributed by atoms with Crippen molar-refractivity contribution < 1.29 is 0 Å². The molecular formula is C11H15N5O. The van der Waals surface area contributed by atoms with Gasteiger partial charge in [0.05, 0.1) is 12.2 Å². The third-order valence-electron chi connectivity index (χ3n) is 3.11. The average molecular weight is 233 g/mol. The van der Waals surface area contributed by atoms with Crippen LogP contribution in [0.5, 0.6) is 0 Å². The monoisotopic (exact) mass is 233 g/mol. The molecule has 2 aromatic rings. The fourth-order valence-electron chi connectivity index (χ4n) is 2.25. The lowest BCUT2D eigenvalue weighted by molar-refractivity contribution is 0.511. The molecule has 1 aliphatic rings. The Bertz CT molecular complexity index is 591. The van der Waals surface area contributed by atoms with Gasteiger partial charge >= 0.3 is 5.69 Å². The summed E-state index contributed by atoms with van der Waals surface area (Å²) in [5.41, 5.74) is 0.857. The first kappa shape index (κ1) is 10.3. The fourth-order valence-corrected chi connectivity index (χ4v) is 2.25. The zero-order chi connectivity index (χ0) is 11.8. The maximum absolute atomic E-state index is 12.1.